The standard InChI is InChI=1S/C39H33N4O/c1-23-22-27(39(2,3)4)34-26-20-21-28(40-5)35(43-29-16-10-8-14-24(29)25-15-9-11-17-30(25)43)36(26)44-37(34)33(23)38-41(6)31-18-12-13-19-32(31)42(38)7/h8-22H,1-4,6-7H3/q+1. The van der Waals surface area contributed by atoms with Gasteiger partial charge in [-0.15, -0.1) is 0 Å². The molecule has 5 nitrogen and oxygen atoms in total. The van der Waals surface area contributed by atoms with E-state index < -0.39 is 0 Å². The number of imidazole rings is 1. The van der Waals surface area contributed by atoms with Crippen LogP contribution in [-0.2, 0) is 19.5 Å². The molecule has 44 heavy (non-hydrogen) atoms. The Morgan fingerprint density at radius 3 is 2.00 bits per heavy atom. The number of rotatable bonds is 2. The highest BCUT2D eigenvalue weighted by atomic mass is 16.3. The summed E-state index contributed by atoms with van der Waals surface area (Å²) in [4.78, 5) is 4.05. The van der Waals surface area contributed by atoms with Gasteiger partial charge in [0.1, 0.15) is 11.1 Å². The Morgan fingerprint density at radius 2 is 1.39 bits per heavy atom. The van der Waals surface area contributed by atoms with E-state index in [0.29, 0.717) is 5.69 Å². The SMILES string of the molecule is [C-]#[N+]c1ccc2c(oc3c(-c4n(C)c5ccccc5[n+]4C)c(C)cc(C(C)(C)C)c32)c1-n1c2ccccc2c2ccccc21. The van der Waals surface area contributed by atoms with Gasteiger partial charge in [-0.3, -0.25) is 0 Å². The summed E-state index contributed by atoms with van der Waals surface area (Å²) in [5.41, 5.74) is 10.7. The smallest absolute Gasteiger partial charge is 0.293 e. The van der Waals surface area contributed by atoms with Crippen LogP contribution in [0.4, 0.5) is 5.69 Å². The van der Waals surface area contributed by atoms with E-state index in [0.717, 1.165) is 77.4 Å². The fourth-order valence-corrected chi connectivity index (χ4v) is 7.28. The van der Waals surface area contributed by atoms with Crippen LogP contribution in [0.1, 0.15) is 31.9 Å². The van der Waals surface area contributed by atoms with Crippen molar-refractivity contribution < 1.29 is 8.98 Å². The molecule has 3 aromatic heterocycles. The summed E-state index contributed by atoms with van der Waals surface area (Å²) in [6, 6.07) is 31.7. The average molecular weight is 574 g/mol. The van der Waals surface area contributed by atoms with Crippen LogP contribution in [0, 0.1) is 13.5 Å². The van der Waals surface area contributed by atoms with Crippen LogP contribution >= 0.6 is 0 Å². The second-order valence-corrected chi connectivity index (χ2v) is 12.9. The Kier molecular flexibility index (Phi) is 5.43. The number of hydrogen-bond donors (Lipinski definition) is 0. The number of furan rings is 1. The van der Waals surface area contributed by atoms with Gasteiger partial charge in [0.05, 0.1) is 37.4 Å². The van der Waals surface area contributed by atoms with Crippen molar-refractivity contribution in [2.75, 3.05) is 0 Å². The van der Waals surface area contributed by atoms with Gasteiger partial charge < -0.3 is 8.98 Å². The predicted molar refractivity (Wildman–Crippen MR) is 181 cm³/mol. The van der Waals surface area contributed by atoms with Crippen molar-refractivity contribution in [3.63, 3.8) is 0 Å². The van der Waals surface area contributed by atoms with Crippen LogP contribution in [0.25, 0.3) is 76.7 Å². The molecular weight excluding hydrogens is 540 g/mol. The van der Waals surface area contributed by atoms with Gasteiger partial charge >= 0.3 is 0 Å². The minimum atomic E-state index is -0.134. The molecule has 0 saturated carbocycles. The zero-order valence-corrected chi connectivity index (χ0v) is 25.9. The van der Waals surface area contributed by atoms with E-state index in [1.165, 1.54) is 5.56 Å². The van der Waals surface area contributed by atoms with Crippen molar-refractivity contribution in [2.24, 2.45) is 14.1 Å². The van der Waals surface area contributed by atoms with Crippen LogP contribution in [0.3, 0.4) is 0 Å². The molecule has 0 fully saturated rings. The van der Waals surface area contributed by atoms with Gasteiger partial charge in [-0.1, -0.05) is 87.5 Å². The molecule has 0 spiro atoms. The van der Waals surface area contributed by atoms with Crippen molar-refractivity contribution >= 4 is 60.5 Å². The first-order valence-electron chi connectivity index (χ1n) is 15.0. The highest BCUT2D eigenvalue weighted by Crippen LogP contribution is 2.47. The maximum absolute atomic E-state index is 8.25. The number of nitrogens with zero attached hydrogens (tertiary/aromatic N) is 4. The first-order chi connectivity index (χ1) is 21.2. The lowest BCUT2D eigenvalue weighted by molar-refractivity contribution is -0.634. The molecule has 3 heterocycles. The second-order valence-electron chi connectivity index (χ2n) is 12.9. The second kappa shape index (κ2) is 9.08. The van der Waals surface area contributed by atoms with Gasteiger partial charge in [0.25, 0.3) is 5.82 Å². The molecule has 0 N–H and O–H groups in total. The first kappa shape index (κ1) is 26.3. The van der Waals surface area contributed by atoms with E-state index in [4.69, 9.17) is 11.0 Å². The molecule has 0 saturated heterocycles. The Labute approximate surface area is 256 Å². The molecule has 0 bridgehead atoms. The molecule has 0 unspecified atom stereocenters. The number of aromatic nitrogens is 3. The van der Waals surface area contributed by atoms with Crippen molar-refractivity contribution in [1.82, 2.24) is 9.13 Å². The fraction of sp³-hybridized carbons (Fsp3) is 0.179. The fourth-order valence-electron chi connectivity index (χ4n) is 7.28. The molecule has 214 valence electrons. The summed E-state index contributed by atoms with van der Waals surface area (Å²) >= 11 is 0. The third-order valence-electron chi connectivity index (χ3n) is 9.26. The van der Waals surface area contributed by atoms with Crippen LogP contribution in [0.2, 0.25) is 0 Å². The number of fused-ring (bicyclic) bond motifs is 7. The van der Waals surface area contributed by atoms with E-state index in [-0.39, 0.29) is 5.41 Å². The highest BCUT2D eigenvalue weighted by Gasteiger charge is 2.32. The molecule has 8 aromatic rings. The van der Waals surface area contributed by atoms with E-state index >= 15 is 0 Å². The monoisotopic (exact) mass is 573 g/mol. The number of para-hydroxylation sites is 4. The summed E-state index contributed by atoms with van der Waals surface area (Å²) in [7, 11) is 4.26. The topological polar surface area (TPSA) is 31.2 Å². The summed E-state index contributed by atoms with van der Waals surface area (Å²) in [5.74, 6) is 1.08. The zero-order chi connectivity index (χ0) is 30.5. The third-order valence-corrected chi connectivity index (χ3v) is 9.26. The van der Waals surface area contributed by atoms with Crippen LogP contribution in [0.15, 0.2) is 95.4 Å². The zero-order valence-electron chi connectivity index (χ0n) is 25.9. The molecule has 0 aliphatic rings. The first-order valence-corrected chi connectivity index (χ1v) is 15.0. The molecule has 0 amide bonds. The molecule has 0 aliphatic carbocycles. The lowest BCUT2D eigenvalue weighted by Gasteiger charge is -2.22. The molecular formula is C39H33N4O+. The number of hydrogen-bond acceptors (Lipinski definition) is 1. The molecule has 0 atom stereocenters. The largest absolute Gasteiger partial charge is 0.454 e. The molecule has 8 rings (SSSR count). The molecule has 0 aliphatic heterocycles. The van der Waals surface area contributed by atoms with Crippen molar-refractivity contribution in [3.8, 4) is 17.1 Å². The molecule has 5 aromatic carbocycles. The Morgan fingerprint density at radius 1 is 0.773 bits per heavy atom. The van der Waals surface area contributed by atoms with Gasteiger partial charge in [0.15, 0.2) is 16.6 Å². The van der Waals surface area contributed by atoms with E-state index in [1.807, 2.05) is 6.07 Å². The van der Waals surface area contributed by atoms with Crippen LogP contribution in [-0.4, -0.2) is 9.13 Å². The average Bonchev–Trinajstić information content (AvgIpc) is 3.64. The number of benzene rings is 5. The van der Waals surface area contributed by atoms with E-state index in [9.17, 15) is 0 Å². The van der Waals surface area contributed by atoms with E-state index in [1.54, 1.807) is 0 Å². The lowest BCUT2D eigenvalue weighted by Crippen LogP contribution is -2.30. The Hall–Kier alpha value is -5.34. The maximum atomic E-state index is 8.25. The van der Waals surface area contributed by atoms with Crippen molar-refractivity contribution in [3.05, 3.63) is 114 Å². The van der Waals surface area contributed by atoms with Crippen LogP contribution in [0.5, 0.6) is 0 Å². The minimum absolute atomic E-state index is 0.134. The predicted octanol–water partition coefficient (Wildman–Crippen LogP) is 9.82. The number of aryl methyl sites for hydroxylation is 3. The molecule has 0 radical (unpaired) electrons. The van der Waals surface area contributed by atoms with Crippen molar-refractivity contribution in [2.45, 2.75) is 33.1 Å². The van der Waals surface area contributed by atoms with Gasteiger partial charge in [-0.2, -0.15) is 0 Å². The summed E-state index contributed by atoms with van der Waals surface area (Å²) in [6.07, 6.45) is 0. The summed E-state index contributed by atoms with van der Waals surface area (Å²) in [6.45, 7) is 17.2. The highest BCUT2D eigenvalue weighted by molar-refractivity contribution is 6.17. The quantitative estimate of drug-likeness (QED) is 0.150. The third kappa shape index (κ3) is 3.43. The van der Waals surface area contributed by atoms with Crippen molar-refractivity contribution in [1.29, 1.82) is 0 Å². The maximum Gasteiger partial charge on any atom is 0.293 e. The molecule has 5 heteroatoms. The van der Waals surface area contributed by atoms with Gasteiger partial charge in [-0.25, -0.2) is 14.0 Å². The van der Waals surface area contributed by atoms with Gasteiger partial charge in [0.2, 0.25) is 5.69 Å². The normalized spacial score (nSPS) is 12.3. The Bertz CT molecular complexity index is 2430. The van der Waals surface area contributed by atoms with Gasteiger partial charge in [-0.05, 0) is 47.7 Å². The van der Waals surface area contributed by atoms with Gasteiger partial charge in [0, 0.05) is 21.5 Å². The van der Waals surface area contributed by atoms with E-state index in [2.05, 4.69) is 145 Å². The van der Waals surface area contributed by atoms with Crippen LogP contribution < -0.4 is 4.57 Å². The Balaban J connectivity index is 1.60. The summed E-state index contributed by atoms with van der Waals surface area (Å²) in [5, 5.41) is 4.44. The summed E-state index contributed by atoms with van der Waals surface area (Å²) < 4.78 is 13.9. The minimum Gasteiger partial charge on any atom is -0.454 e. The lowest BCUT2D eigenvalue weighted by atomic mass is 9.82.